The maximum absolute atomic E-state index is 14.0. The quantitative estimate of drug-likeness (QED) is 0.218. The molecule has 5 rings (SSSR count). The molecule has 0 N–H and O–H groups in total. The van der Waals surface area contributed by atoms with Crippen LogP contribution in [0.4, 0.5) is 0 Å². The van der Waals surface area contributed by atoms with E-state index in [0.717, 1.165) is 0 Å². The van der Waals surface area contributed by atoms with Crippen molar-refractivity contribution in [3.63, 3.8) is 0 Å². The maximum Gasteiger partial charge on any atom is 0.338 e. The van der Waals surface area contributed by atoms with Gasteiger partial charge in [0.1, 0.15) is 11.5 Å². The average Bonchev–Trinajstić information content (AvgIpc) is 3.53. The lowest BCUT2D eigenvalue weighted by Gasteiger charge is -2.26. The number of fused-ring (bicyclic) bond motifs is 1. The molecule has 212 valence electrons. The summed E-state index contributed by atoms with van der Waals surface area (Å²) in [6, 6.07) is 11.2. The predicted molar refractivity (Wildman–Crippen MR) is 162 cm³/mol. The largest absolute Gasteiger partial charge is 0.493 e. The van der Waals surface area contributed by atoms with Crippen molar-refractivity contribution in [3.8, 4) is 22.8 Å². The van der Waals surface area contributed by atoms with Crippen LogP contribution in [0.25, 0.3) is 17.4 Å². The first kappa shape index (κ1) is 29.2. The number of benzene rings is 2. The second-order valence-corrected chi connectivity index (χ2v) is 11.6. The van der Waals surface area contributed by atoms with Crippen LogP contribution in [-0.4, -0.2) is 31.4 Å². The third-order valence-electron chi connectivity index (χ3n) is 6.41. The van der Waals surface area contributed by atoms with Gasteiger partial charge in [-0.3, -0.25) is 9.36 Å². The Morgan fingerprint density at radius 3 is 2.59 bits per heavy atom. The van der Waals surface area contributed by atoms with Crippen molar-refractivity contribution in [2.24, 2.45) is 4.99 Å². The van der Waals surface area contributed by atoms with Gasteiger partial charge in [-0.05, 0) is 61.9 Å². The molecule has 3 heterocycles. The molecule has 0 spiro atoms. The number of rotatable bonds is 7. The van der Waals surface area contributed by atoms with Gasteiger partial charge in [0.05, 0.1) is 47.7 Å². The zero-order valence-electron chi connectivity index (χ0n) is 22.3. The average molecular weight is 678 g/mol. The van der Waals surface area contributed by atoms with Crippen molar-refractivity contribution in [3.05, 3.63) is 99.3 Å². The van der Waals surface area contributed by atoms with Gasteiger partial charge < -0.3 is 18.6 Å². The van der Waals surface area contributed by atoms with Crippen molar-refractivity contribution in [2.75, 3.05) is 20.8 Å². The third kappa shape index (κ3) is 5.49. The highest BCUT2D eigenvalue weighted by Gasteiger charge is 2.35. The molecule has 0 saturated carbocycles. The van der Waals surface area contributed by atoms with Gasteiger partial charge in [0.15, 0.2) is 16.3 Å². The summed E-state index contributed by atoms with van der Waals surface area (Å²) in [6.45, 7) is 3.61. The van der Waals surface area contributed by atoms with Gasteiger partial charge in [0, 0.05) is 21.1 Å². The Hall–Kier alpha value is -3.31. The van der Waals surface area contributed by atoms with E-state index in [-0.39, 0.29) is 17.7 Å². The summed E-state index contributed by atoms with van der Waals surface area (Å²) in [5.74, 6) is 1.30. The number of thiazole rings is 1. The van der Waals surface area contributed by atoms with Crippen LogP contribution < -0.4 is 24.4 Å². The molecule has 1 aliphatic rings. The van der Waals surface area contributed by atoms with Gasteiger partial charge in [-0.25, -0.2) is 9.79 Å². The maximum atomic E-state index is 14.0. The highest BCUT2D eigenvalue weighted by atomic mass is 79.9. The van der Waals surface area contributed by atoms with E-state index in [0.29, 0.717) is 63.7 Å². The minimum Gasteiger partial charge on any atom is -0.493 e. The number of esters is 1. The van der Waals surface area contributed by atoms with Crippen molar-refractivity contribution in [1.29, 1.82) is 0 Å². The van der Waals surface area contributed by atoms with E-state index in [1.807, 2.05) is 0 Å². The van der Waals surface area contributed by atoms with Crippen LogP contribution in [0, 0.1) is 0 Å². The van der Waals surface area contributed by atoms with Crippen LogP contribution in [0.3, 0.4) is 0 Å². The molecular formula is C29H23BrCl2N2O6S. The molecular weight excluding hydrogens is 655 g/mol. The number of halogens is 3. The summed E-state index contributed by atoms with van der Waals surface area (Å²) in [5, 5.41) is 1.00. The SMILES string of the molecule is CCOC(=O)C1=C(C)N=c2s/c(=C\c3ccc(-c4cc(Cl)ccc4Cl)o3)c(=O)n2[C@@H]1c1cc(OC)c(OC)cc1Br. The molecule has 4 aromatic rings. The lowest BCUT2D eigenvalue weighted by molar-refractivity contribution is -0.139. The van der Waals surface area contributed by atoms with Crippen LogP contribution in [0.15, 0.2) is 72.4 Å². The fraction of sp³-hybridized carbons (Fsp3) is 0.207. The van der Waals surface area contributed by atoms with E-state index in [9.17, 15) is 9.59 Å². The summed E-state index contributed by atoms with van der Waals surface area (Å²) in [4.78, 5) is 32.2. The first-order valence-electron chi connectivity index (χ1n) is 12.3. The molecule has 0 radical (unpaired) electrons. The van der Waals surface area contributed by atoms with Gasteiger partial charge in [0.2, 0.25) is 0 Å². The topological polar surface area (TPSA) is 92.3 Å². The minimum absolute atomic E-state index is 0.164. The van der Waals surface area contributed by atoms with Crippen LogP contribution in [0.5, 0.6) is 11.5 Å². The van der Waals surface area contributed by atoms with Crippen LogP contribution in [0.2, 0.25) is 10.0 Å². The van der Waals surface area contributed by atoms with Crippen LogP contribution in [0.1, 0.15) is 31.2 Å². The second kappa shape index (κ2) is 11.9. The Balaban J connectivity index is 1.69. The lowest BCUT2D eigenvalue weighted by atomic mass is 9.95. The molecule has 2 aromatic heterocycles. The molecule has 0 unspecified atom stereocenters. The zero-order chi connectivity index (χ0) is 29.4. The van der Waals surface area contributed by atoms with E-state index in [4.69, 9.17) is 41.8 Å². The molecule has 1 aliphatic heterocycles. The van der Waals surface area contributed by atoms with E-state index in [2.05, 4.69) is 20.9 Å². The minimum atomic E-state index is -0.848. The Morgan fingerprint density at radius 1 is 1.15 bits per heavy atom. The highest BCUT2D eigenvalue weighted by Crippen LogP contribution is 2.41. The van der Waals surface area contributed by atoms with Gasteiger partial charge >= 0.3 is 5.97 Å². The number of methoxy groups -OCH3 is 2. The third-order valence-corrected chi connectivity index (χ3v) is 8.64. The van der Waals surface area contributed by atoms with E-state index in [1.54, 1.807) is 62.4 Å². The molecule has 0 fully saturated rings. The smallest absolute Gasteiger partial charge is 0.338 e. The Morgan fingerprint density at radius 2 is 1.88 bits per heavy atom. The highest BCUT2D eigenvalue weighted by molar-refractivity contribution is 9.10. The predicted octanol–water partition coefficient (Wildman–Crippen LogP) is 6.14. The van der Waals surface area contributed by atoms with Gasteiger partial charge in [-0.15, -0.1) is 0 Å². The number of allylic oxidation sites excluding steroid dienone is 1. The molecule has 1 atom stereocenters. The first-order chi connectivity index (χ1) is 19.7. The summed E-state index contributed by atoms with van der Waals surface area (Å²) < 4.78 is 24.8. The molecule has 0 saturated heterocycles. The number of nitrogens with zero attached hydrogens (tertiary/aromatic N) is 2. The van der Waals surface area contributed by atoms with Crippen LogP contribution >= 0.6 is 50.5 Å². The van der Waals surface area contributed by atoms with Crippen molar-refractivity contribution >= 4 is 62.5 Å². The van der Waals surface area contributed by atoms with E-state index < -0.39 is 12.0 Å². The molecule has 8 nitrogen and oxygen atoms in total. The van der Waals surface area contributed by atoms with Gasteiger partial charge in [-0.1, -0.05) is 50.5 Å². The summed E-state index contributed by atoms with van der Waals surface area (Å²) in [6.07, 6.45) is 1.63. The molecule has 0 bridgehead atoms. The Bertz CT molecular complexity index is 1890. The fourth-order valence-electron chi connectivity index (χ4n) is 4.56. The Labute approximate surface area is 257 Å². The summed E-state index contributed by atoms with van der Waals surface area (Å²) >= 11 is 17.3. The molecule has 12 heteroatoms. The number of hydrogen-bond donors (Lipinski definition) is 0. The molecule has 41 heavy (non-hydrogen) atoms. The van der Waals surface area contributed by atoms with E-state index in [1.165, 1.54) is 30.1 Å². The Kier molecular flexibility index (Phi) is 8.47. The van der Waals surface area contributed by atoms with Gasteiger partial charge in [0.25, 0.3) is 5.56 Å². The number of furan rings is 1. The normalized spacial score (nSPS) is 15.0. The first-order valence-corrected chi connectivity index (χ1v) is 14.7. The summed E-state index contributed by atoms with van der Waals surface area (Å²) in [5.41, 5.74) is 1.57. The van der Waals surface area contributed by atoms with Crippen LogP contribution in [-0.2, 0) is 9.53 Å². The lowest BCUT2D eigenvalue weighted by Crippen LogP contribution is -2.40. The molecule has 0 aliphatic carbocycles. The number of carbonyl (C=O) groups is 1. The molecule has 0 amide bonds. The number of aromatic nitrogens is 1. The zero-order valence-corrected chi connectivity index (χ0v) is 26.2. The summed E-state index contributed by atoms with van der Waals surface area (Å²) in [7, 11) is 3.05. The van der Waals surface area contributed by atoms with Gasteiger partial charge in [-0.2, -0.15) is 0 Å². The fourth-order valence-corrected chi connectivity index (χ4v) is 6.50. The van der Waals surface area contributed by atoms with Crippen molar-refractivity contribution in [2.45, 2.75) is 19.9 Å². The molecule has 2 aromatic carbocycles. The number of hydrogen-bond acceptors (Lipinski definition) is 8. The van der Waals surface area contributed by atoms with Crippen molar-refractivity contribution < 1.29 is 23.4 Å². The number of carbonyl (C=O) groups excluding carboxylic acids is 1. The monoisotopic (exact) mass is 676 g/mol. The second-order valence-electron chi connectivity index (χ2n) is 8.86. The van der Waals surface area contributed by atoms with Crippen molar-refractivity contribution in [1.82, 2.24) is 4.57 Å². The van der Waals surface area contributed by atoms with E-state index >= 15 is 0 Å². The standard InChI is InChI=1S/C29H23BrCl2N2O6S/c1-5-39-28(36)25-14(2)33-29-34(26(25)17-12-22(37-3)23(38-4)13-19(17)30)27(35)24(41-29)11-16-7-9-21(40-16)18-10-15(31)6-8-20(18)32/h6-13,26H,5H2,1-4H3/b24-11-/t26-/m1/s1. The number of ether oxygens (including phenoxy) is 3.